The fraction of sp³-hybridized carbons (Fsp3) is 0.261. The van der Waals surface area contributed by atoms with Crippen molar-refractivity contribution in [1.82, 2.24) is 9.47 Å². The van der Waals surface area contributed by atoms with Crippen LogP contribution < -0.4 is 0 Å². The molecule has 0 N–H and O–H groups in total. The van der Waals surface area contributed by atoms with Crippen LogP contribution in [0.3, 0.4) is 0 Å². The Morgan fingerprint density at radius 1 is 1.04 bits per heavy atom. The molecule has 1 aliphatic heterocycles. The molecule has 0 saturated carbocycles. The highest BCUT2D eigenvalue weighted by Gasteiger charge is 2.29. The number of hydrogen-bond acceptors (Lipinski definition) is 1. The lowest BCUT2D eigenvalue weighted by atomic mass is 9.97. The Labute approximate surface area is 154 Å². The number of fused-ring (bicyclic) bond motifs is 1. The van der Waals surface area contributed by atoms with Gasteiger partial charge in [-0.15, -0.1) is 0 Å². The number of benzene rings is 2. The molecule has 1 amide bonds. The van der Waals surface area contributed by atoms with E-state index in [1.165, 1.54) is 22.5 Å². The molecule has 1 atom stereocenters. The third kappa shape index (κ3) is 3.05. The Balaban J connectivity index is 1.62. The lowest BCUT2D eigenvalue weighted by Crippen LogP contribution is -2.38. The van der Waals surface area contributed by atoms with E-state index < -0.39 is 0 Å². The predicted octanol–water partition coefficient (Wildman–Crippen LogP) is 4.60. The fourth-order valence-electron chi connectivity index (χ4n) is 4.06. The average Bonchev–Trinajstić information content (AvgIpc) is 2.98. The zero-order valence-corrected chi connectivity index (χ0v) is 15.4. The fourth-order valence-corrected chi connectivity index (χ4v) is 4.06. The van der Waals surface area contributed by atoms with Gasteiger partial charge < -0.3 is 9.47 Å². The van der Waals surface area contributed by atoms with Crippen molar-refractivity contribution in [2.24, 2.45) is 0 Å². The highest BCUT2D eigenvalue weighted by molar-refractivity contribution is 5.94. The summed E-state index contributed by atoms with van der Waals surface area (Å²) in [5.74, 6) is 0.445. The first-order chi connectivity index (χ1) is 12.6. The van der Waals surface area contributed by atoms with Crippen LogP contribution in [0.4, 0.5) is 0 Å². The molecule has 3 heteroatoms. The minimum Gasteiger partial charge on any atom is -0.344 e. The maximum absolute atomic E-state index is 12.9. The minimum absolute atomic E-state index is 0.122. The zero-order valence-electron chi connectivity index (χ0n) is 15.4. The van der Waals surface area contributed by atoms with Crippen LogP contribution in [-0.2, 0) is 13.1 Å². The third-order valence-electron chi connectivity index (χ3n) is 5.24. The summed E-state index contributed by atoms with van der Waals surface area (Å²) >= 11 is 0. The van der Waals surface area contributed by atoms with Gasteiger partial charge in [-0.1, -0.05) is 55.5 Å². The van der Waals surface area contributed by atoms with E-state index in [0.29, 0.717) is 12.5 Å². The van der Waals surface area contributed by atoms with E-state index in [0.717, 1.165) is 18.7 Å². The van der Waals surface area contributed by atoms with Crippen molar-refractivity contribution < 1.29 is 4.79 Å². The predicted molar refractivity (Wildman–Crippen MR) is 104 cm³/mol. The number of nitrogens with zero attached hydrogens (tertiary/aromatic N) is 2. The molecule has 3 nitrogen and oxygen atoms in total. The highest BCUT2D eigenvalue weighted by Crippen LogP contribution is 2.32. The maximum atomic E-state index is 12.9. The SMILES string of the molecule is Cc1cc2c(n1Cc1ccccc1)C(C)CN(C(=O)c1ccccc1)C2. The van der Waals surface area contributed by atoms with Crippen LogP contribution in [0.15, 0.2) is 66.7 Å². The Bertz CT molecular complexity index is 912. The van der Waals surface area contributed by atoms with E-state index in [1.54, 1.807) is 0 Å². The van der Waals surface area contributed by atoms with Crippen LogP contribution in [0.2, 0.25) is 0 Å². The van der Waals surface area contributed by atoms with Gasteiger partial charge in [0.05, 0.1) is 0 Å². The molecule has 3 aromatic rings. The number of carbonyl (C=O) groups excluding carboxylic acids is 1. The summed E-state index contributed by atoms with van der Waals surface area (Å²) in [6.07, 6.45) is 0. The normalized spacial score (nSPS) is 16.4. The lowest BCUT2D eigenvalue weighted by Gasteiger charge is -2.32. The molecule has 132 valence electrons. The largest absolute Gasteiger partial charge is 0.344 e. The standard InChI is InChI=1S/C23H24N2O/c1-17-14-24(23(26)20-11-7-4-8-12-20)16-21-13-18(2)25(22(17)21)15-19-9-5-3-6-10-19/h3-13,17H,14-16H2,1-2H3. The summed E-state index contributed by atoms with van der Waals surface area (Å²) in [5.41, 5.74) is 6.00. The van der Waals surface area contributed by atoms with Crippen molar-refractivity contribution in [3.05, 3.63) is 94.8 Å². The van der Waals surface area contributed by atoms with Gasteiger partial charge in [0.2, 0.25) is 0 Å². The number of rotatable bonds is 3. The number of aryl methyl sites for hydroxylation is 1. The average molecular weight is 344 g/mol. The van der Waals surface area contributed by atoms with Crippen molar-refractivity contribution in [2.45, 2.75) is 32.9 Å². The monoisotopic (exact) mass is 344 g/mol. The van der Waals surface area contributed by atoms with E-state index in [2.05, 4.69) is 54.8 Å². The molecule has 0 spiro atoms. The molecule has 4 rings (SSSR count). The molecule has 0 fully saturated rings. The quantitative estimate of drug-likeness (QED) is 0.681. The molecule has 1 unspecified atom stereocenters. The number of carbonyl (C=O) groups is 1. The van der Waals surface area contributed by atoms with E-state index in [1.807, 2.05) is 35.2 Å². The second-order valence-corrected chi connectivity index (χ2v) is 7.22. The van der Waals surface area contributed by atoms with Crippen molar-refractivity contribution in [1.29, 1.82) is 0 Å². The molecule has 0 radical (unpaired) electrons. The first-order valence-electron chi connectivity index (χ1n) is 9.20. The van der Waals surface area contributed by atoms with Crippen LogP contribution >= 0.6 is 0 Å². The second kappa shape index (κ2) is 6.83. The van der Waals surface area contributed by atoms with E-state index in [9.17, 15) is 4.79 Å². The van der Waals surface area contributed by atoms with Crippen molar-refractivity contribution in [3.8, 4) is 0 Å². The minimum atomic E-state index is 0.122. The summed E-state index contributed by atoms with van der Waals surface area (Å²) in [6, 6.07) is 22.4. The lowest BCUT2D eigenvalue weighted by molar-refractivity contribution is 0.0719. The van der Waals surface area contributed by atoms with Gasteiger partial charge in [-0.05, 0) is 36.2 Å². The summed E-state index contributed by atoms with van der Waals surface area (Å²) in [4.78, 5) is 14.8. The van der Waals surface area contributed by atoms with Gasteiger partial charge in [-0.2, -0.15) is 0 Å². The summed E-state index contributed by atoms with van der Waals surface area (Å²) in [7, 11) is 0. The van der Waals surface area contributed by atoms with Crippen molar-refractivity contribution in [2.75, 3.05) is 6.54 Å². The zero-order chi connectivity index (χ0) is 18.1. The Kier molecular flexibility index (Phi) is 4.37. The molecule has 26 heavy (non-hydrogen) atoms. The van der Waals surface area contributed by atoms with Gasteiger partial charge in [0.25, 0.3) is 5.91 Å². The van der Waals surface area contributed by atoms with Crippen molar-refractivity contribution >= 4 is 5.91 Å². The highest BCUT2D eigenvalue weighted by atomic mass is 16.2. The van der Waals surface area contributed by atoms with Gasteiger partial charge in [0.15, 0.2) is 0 Å². The maximum Gasteiger partial charge on any atom is 0.254 e. The van der Waals surface area contributed by atoms with Crippen LogP contribution in [0.1, 0.15) is 45.7 Å². The van der Waals surface area contributed by atoms with Gasteiger partial charge in [0, 0.05) is 42.5 Å². The molecular weight excluding hydrogens is 320 g/mol. The number of amides is 1. The van der Waals surface area contributed by atoms with Crippen LogP contribution in [0.5, 0.6) is 0 Å². The molecule has 0 aliphatic carbocycles. The summed E-state index contributed by atoms with van der Waals surface area (Å²) < 4.78 is 2.42. The van der Waals surface area contributed by atoms with Crippen LogP contribution in [-0.4, -0.2) is 21.9 Å². The Morgan fingerprint density at radius 3 is 2.38 bits per heavy atom. The Morgan fingerprint density at radius 2 is 1.69 bits per heavy atom. The molecular formula is C23H24N2O. The first-order valence-corrected chi connectivity index (χ1v) is 9.20. The first kappa shape index (κ1) is 16.6. The Hall–Kier alpha value is -2.81. The topological polar surface area (TPSA) is 25.2 Å². The summed E-state index contributed by atoms with van der Waals surface area (Å²) in [5, 5.41) is 0. The number of hydrogen-bond donors (Lipinski definition) is 0. The molecule has 1 aromatic heterocycles. The number of aromatic nitrogens is 1. The van der Waals surface area contributed by atoms with Crippen LogP contribution in [0, 0.1) is 6.92 Å². The molecule has 2 heterocycles. The molecule has 0 saturated heterocycles. The van der Waals surface area contributed by atoms with Crippen LogP contribution in [0.25, 0.3) is 0 Å². The van der Waals surface area contributed by atoms with Gasteiger partial charge in [-0.25, -0.2) is 0 Å². The van der Waals surface area contributed by atoms with E-state index in [-0.39, 0.29) is 5.91 Å². The smallest absolute Gasteiger partial charge is 0.254 e. The molecule has 1 aliphatic rings. The van der Waals surface area contributed by atoms with Crippen molar-refractivity contribution in [3.63, 3.8) is 0 Å². The molecule has 0 bridgehead atoms. The van der Waals surface area contributed by atoms with Gasteiger partial charge in [0.1, 0.15) is 0 Å². The van der Waals surface area contributed by atoms with E-state index in [4.69, 9.17) is 0 Å². The van der Waals surface area contributed by atoms with Gasteiger partial charge in [-0.3, -0.25) is 4.79 Å². The second-order valence-electron chi connectivity index (χ2n) is 7.22. The summed E-state index contributed by atoms with van der Waals surface area (Å²) in [6.45, 7) is 6.73. The molecule has 2 aromatic carbocycles. The van der Waals surface area contributed by atoms with Gasteiger partial charge >= 0.3 is 0 Å². The third-order valence-corrected chi connectivity index (χ3v) is 5.24. The van der Waals surface area contributed by atoms with E-state index >= 15 is 0 Å².